The number of anilines is 1. The van der Waals surface area contributed by atoms with Crippen molar-refractivity contribution in [1.29, 1.82) is 0 Å². The van der Waals surface area contributed by atoms with E-state index in [1.165, 1.54) is 6.08 Å². The molecule has 1 saturated carbocycles. The number of carbonyl (C=O) groups is 2. The standard InChI is InChI=1S/C14H14ClNO3/c1-2-9-19-13(18)14(7-8-14)12(17)16-11-5-3-10(15)4-6-11/h2-6H,1,7-9H2,(H,16,17). The van der Waals surface area contributed by atoms with Crippen molar-refractivity contribution in [1.82, 2.24) is 0 Å². The zero-order valence-corrected chi connectivity index (χ0v) is 11.1. The molecule has 0 bridgehead atoms. The van der Waals surface area contributed by atoms with Crippen LogP contribution in [-0.4, -0.2) is 18.5 Å². The summed E-state index contributed by atoms with van der Waals surface area (Å²) in [6.07, 6.45) is 2.51. The van der Waals surface area contributed by atoms with Gasteiger partial charge in [-0.2, -0.15) is 0 Å². The molecule has 19 heavy (non-hydrogen) atoms. The summed E-state index contributed by atoms with van der Waals surface area (Å²) in [5.74, 6) is -0.817. The lowest BCUT2D eigenvalue weighted by Crippen LogP contribution is -2.33. The van der Waals surface area contributed by atoms with Crippen LogP contribution in [0.1, 0.15) is 12.8 Å². The molecule has 1 aromatic carbocycles. The zero-order chi connectivity index (χ0) is 13.9. The molecule has 0 unspecified atom stereocenters. The van der Waals surface area contributed by atoms with Gasteiger partial charge in [0.05, 0.1) is 0 Å². The summed E-state index contributed by atoms with van der Waals surface area (Å²) in [7, 11) is 0. The van der Waals surface area contributed by atoms with Crippen molar-refractivity contribution < 1.29 is 14.3 Å². The number of rotatable bonds is 5. The lowest BCUT2D eigenvalue weighted by Gasteiger charge is -2.14. The molecule has 1 aliphatic rings. The maximum Gasteiger partial charge on any atom is 0.321 e. The van der Waals surface area contributed by atoms with E-state index in [0.717, 1.165) is 0 Å². The minimum Gasteiger partial charge on any atom is -0.461 e. The molecule has 2 rings (SSSR count). The summed E-state index contributed by atoms with van der Waals surface area (Å²) in [6, 6.07) is 6.72. The molecule has 0 radical (unpaired) electrons. The SMILES string of the molecule is C=CCOC(=O)C1(C(=O)Nc2ccc(Cl)cc2)CC1. The van der Waals surface area contributed by atoms with E-state index in [1.807, 2.05) is 0 Å². The highest BCUT2D eigenvalue weighted by molar-refractivity contribution is 6.30. The van der Waals surface area contributed by atoms with E-state index < -0.39 is 11.4 Å². The lowest BCUT2D eigenvalue weighted by atomic mass is 10.1. The molecule has 5 heteroatoms. The fourth-order valence-corrected chi connectivity index (χ4v) is 1.83. The summed E-state index contributed by atoms with van der Waals surface area (Å²) >= 11 is 5.76. The van der Waals surface area contributed by atoms with Crippen LogP contribution in [0.2, 0.25) is 5.02 Å². The highest BCUT2D eigenvalue weighted by Crippen LogP contribution is 2.47. The van der Waals surface area contributed by atoms with Crippen LogP contribution in [0, 0.1) is 5.41 Å². The smallest absolute Gasteiger partial charge is 0.321 e. The number of hydrogen-bond acceptors (Lipinski definition) is 3. The number of amides is 1. The zero-order valence-electron chi connectivity index (χ0n) is 10.3. The molecule has 0 spiro atoms. The van der Waals surface area contributed by atoms with Crippen molar-refractivity contribution in [3.63, 3.8) is 0 Å². The molecule has 1 N–H and O–H groups in total. The second-order valence-corrected chi connectivity index (χ2v) is 4.87. The number of esters is 1. The van der Waals surface area contributed by atoms with Crippen LogP contribution in [0.3, 0.4) is 0 Å². The summed E-state index contributed by atoms with van der Waals surface area (Å²) in [5, 5.41) is 3.29. The maximum absolute atomic E-state index is 12.1. The van der Waals surface area contributed by atoms with Crippen LogP contribution in [0.4, 0.5) is 5.69 Å². The number of carbonyl (C=O) groups excluding carboxylic acids is 2. The minimum atomic E-state index is -1.03. The van der Waals surface area contributed by atoms with E-state index in [9.17, 15) is 9.59 Å². The highest BCUT2D eigenvalue weighted by Gasteiger charge is 2.58. The normalized spacial score (nSPS) is 15.4. The predicted octanol–water partition coefficient (Wildman–Crippen LogP) is 2.79. The van der Waals surface area contributed by atoms with Crippen molar-refractivity contribution in [3.8, 4) is 0 Å². The Morgan fingerprint density at radius 3 is 2.53 bits per heavy atom. The Hall–Kier alpha value is -1.81. The molecule has 1 aromatic rings. The molecular weight excluding hydrogens is 266 g/mol. The molecular formula is C14H14ClNO3. The Kier molecular flexibility index (Phi) is 3.90. The summed E-state index contributed by atoms with van der Waals surface area (Å²) in [6.45, 7) is 3.59. The van der Waals surface area contributed by atoms with Gasteiger partial charge in [0.2, 0.25) is 5.91 Å². The summed E-state index contributed by atoms with van der Waals surface area (Å²) in [5.41, 5.74) is -0.417. The number of nitrogens with one attached hydrogen (secondary N) is 1. The Morgan fingerprint density at radius 1 is 1.37 bits per heavy atom. The van der Waals surface area contributed by atoms with E-state index >= 15 is 0 Å². The van der Waals surface area contributed by atoms with Crippen LogP contribution in [0.5, 0.6) is 0 Å². The second-order valence-electron chi connectivity index (χ2n) is 4.43. The molecule has 0 aromatic heterocycles. The first-order chi connectivity index (χ1) is 9.08. The van der Waals surface area contributed by atoms with Crippen LogP contribution < -0.4 is 5.32 Å². The molecule has 0 aliphatic heterocycles. The van der Waals surface area contributed by atoms with Crippen LogP contribution >= 0.6 is 11.6 Å². The van der Waals surface area contributed by atoms with Gasteiger partial charge in [0.15, 0.2) is 0 Å². The Morgan fingerprint density at radius 2 is 2.00 bits per heavy atom. The summed E-state index contributed by atoms with van der Waals surface area (Å²) < 4.78 is 4.96. The molecule has 1 aliphatic carbocycles. The van der Waals surface area contributed by atoms with Gasteiger partial charge in [0, 0.05) is 10.7 Å². The predicted molar refractivity (Wildman–Crippen MR) is 72.9 cm³/mol. The van der Waals surface area contributed by atoms with Gasteiger partial charge in [0.25, 0.3) is 0 Å². The quantitative estimate of drug-likeness (QED) is 0.512. The first kappa shape index (κ1) is 13.6. The number of benzene rings is 1. The van der Waals surface area contributed by atoms with Crippen LogP contribution in [0.15, 0.2) is 36.9 Å². The van der Waals surface area contributed by atoms with E-state index in [2.05, 4.69) is 11.9 Å². The topological polar surface area (TPSA) is 55.4 Å². The van der Waals surface area contributed by atoms with Gasteiger partial charge in [-0.25, -0.2) is 0 Å². The fraction of sp³-hybridized carbons (Fsp3) is 0.286. The van der Waals surface area contributed by atoms with Crippen LogP contribution in [0.25, 0.3) is 0 Å². The van der Waals surface area contributed by atoms with Gasteiger partial charge in [-0.15, -0.1) is 0 Å². The largest absolute Gasteiger partial charge is 0.461 e. The first-order valence-corrected chi connectivity index (χ1v) is 6.31. The highest BCUT2D eigenvalue weighted by atomic mass is 35.5. The first-order valence-electron chi connectivity index (χ1n) is 5.94. The molecule has 1 amide bonds. The van der Waals surface area contributed by atoms with E-state index in [0.29, 0.717) is 23.6 Å². The third-order valence-corrected chi connectivity index (χ3v) is 3.26. The maximum atomic E-state index is 12.1. The van der Waals surface area contributed by atoms with E-state index in [4.69, 9.17) is 16.3 Å². The second kappa shape index (κ2) is 5.45. The molecule has 0 saturated heterocycles. The minimum absolute atomic E-state index is 0.120. The van der Waals surface area contributed by atoms with Crippen molar-refractivity contribution >= 4 is 29.2 Å². The molecule has 0 heterocycles. The van der Waals surface area contributed by atoms with Gasteiger partial charge in [0.1, 0.15) is 12.0 Å². The van der Waals surface area contributed by atoms with Gasteiger partial charge in [-0.05, 0) is 37.1 Å². The Labute approximate surface area is 116 Å². The number of ether oxygens (including phenoxy) is 1. The van der Waals surface area contributed by atoms with Crippen molar-refractivity contribution in [2.24, 2.45) is 5.41 Å². The molecule has 0 atom stereocenters. The fourth-order valence-electron chi connectivity index (χ4n) is 1.71. The number of hydrogen-bond donors (Lipinski definition) is 1. The molecule has 4 nitrogen and oxygen atoms in total. The van der Waals surface area contributed by atoms with Crippen LogP contribution in [-0.2, 0) is 14.3 Å². The average molecular weight is 280 g/mol. The van der Waals surface area contributed by atoms with Crippen molar-refractivity contribution in [2.45, 2.75) is 12.8 Å². The number of halogens is 1. The van der Waals surface area contributed by atoms with Gasteiger partial charge >= 0.3 is 5.97 Å². The van der Waals surface area contributed by atoms with Gasteiger partial charge in [-0.1, -0.05) is 24.3 Å². The van der Waals surface area contributed by atoms with E-state index in [-0.39, 0.29) is 12.5 Å². The van der Waals surface area contributed by atoms with Crippen molar-refractivity contribution in [3.05, 3.63) is 41.9 Å². The molecule has 100 valence electrons. The van der Waals surface area contributed by atoms with E-state index in [1.54, 1.807) is 24.3 Å². The lowest BCUT2D eigenvalue weighted by molar-refractivity contribution is -0.152. The third-order valence-electron chi connectivity index (χ3n) is 3.01. The summed E-state index contributed by atoms with van der Waals surface area (Å²) in [4.78, 5) is 23.9. The van der Waals surface area contributed by atoms with Crippen molar-refractivity contribution in [2.75, 3.05) is 11.9 Å². The Balaban J connectivity index is 2.01. The van der Waals surface area contributed by atoms with Gasteiger partial charge < -0.3 is 10.1 Å². The van der Waals surface area contributed by atoms with Gasteiger partial charge in [-0.3, -0.25) is 9.59 Å². The monoisotopic (exact) mass is 279 g/mol. The third kappa shape index (κ3) is 2.96. The molecule has 1 fully saturated rings. The average Bonchev–Trinajstić information content (AvgIpc) is 3.20. The Bertz CT molecular complexity index is 506.